The summed E-state index contributed by atoms with van der Waals surface area (Å²) in [5.41, 5.74) is 2.24. The monoisotopic (exact) mass is 234 g/mol. The molecule has 16 heavy (non-hydrogen) atoms. The normalized spacial score (nSPS) is 10.4. The fourth-order valence-corrected chi connectivity index (χ4v) is 1.70. The van der Waals surface area contributed by atoms with E-state index in [1.165, 1.54) is 11.8 Å². The van der Waals surface area contributed by atoms with E-state index < -0.39 is 0 Å². The number of ketones is 1. The highest BCUT2D eigenvalue weighted by molar-refractivity contribution is 6.33. The van der Waals surface area contributed by atoms with Gasteiger partial charge in [0.25, 0.3) is 0 Å². The summed E-state index contributed by atoms with van der Waals surface area (Å²) in [6.07, 6.45) is 2.37. The second-order valence-corrected chi connectivity index (χ2v) is 3.83. The number of furan rings is 1. The van der Waals surface area contributed by atoms with Crippen molar-refractivity contribution in [3.05, 3.63) is 58.5 Å². The summed E-state index contributed by atoms with van der Waals surface area (Å²) in [4.78, 5) is 12.0. The van der Waals surface area contributed by atoms with Crippen LogP contribution in [0.1, 0.15) is 28.4 Å². The minimum Gasteiger partial charge on any atom is -0.452 e. The second-order valence-electron chi connectivity index (χ2n) is 3.49. The van der Waals surface area contributed by atoms with Crippen molar-refractivity contribution in [2.45, 2.75) is 13.3 Å². The molecule has 0 fully saturated rings. The Labute approximate surface area is 98.8 Å². The number of rotatable bonds is 3. The van der Waals surface area contributed by atoms with E-state index in [4.69, 9.17) is 16.0 Å². The first-order chi connectivity index (χ1) is 7.72. The third kappa shape index (κ3) is 2.02. The first-order valence-electron chi connectivity index (χ1n) is 5.09. The number of aryl methyl sites for hydroxylation is 1. The quantitative estimate of drug-likeness (QED) is 0.758. The van der Waals surface area contributed by atoms with Crippen molar-refractivity contribution in [2.24, 2.45) is 0 Å². The molecule has 1 aromatic carbocycles. The molecule has 2 nitrogen and oxygen atoms in total. The van der Waals surface area contributed by atoms with Gasteiger partial charge in [0.1, 0.15) is 0 Å². The smallest absolute Gasteiger partial charge is 0.204 e. The zero-order chi connectivity index (χ0) is 11.5. The Bertz CT molecular complexity index is 497. The molecule has 0 spiro atoms. The lowest BCUT2D eigenvalue weighted by Crippen LogP contribution is -2.00. The maximum Gasteiger partial charge on any atom is 0.204 e. The summed E-state index contributed by atoms with van der Waals surface area (Å²) < 4.78 is 4.90. The van der Waals surface area contributed by atoms with Gasteiger partial charge in [0.05, 0.1) is 11.8 Å². The van der Waals surface area contributed by atoms with Crippen molar-refractivity contribution in [3.63, 3.8) is 0 Å². The third-order valence-electron chi connectivity index (χ3n) is 2.49. The van der Waals surface area contributed by atoms with Gasteiger partial charge in [-0.15, -0.1) is 0 Å². The van der Waals surface area contributed by atoms with Gasteiger partial charge in [0.2, 0.25) is 5.22 Å². The van der Waals surface area contributed by atoms with Crippen molar-refractivity contribution in [2.75, 3.05) is 0 Å². The van der Waals surface area contributed by atoms with E-state index in [1.807, 2.05) is 24.3 Å². The highest BCUT2D eigenvalue weighted by Crippen LogP contribution is 2.20. The van der Waals surface area contributed by atoms with E-state index in [2.05, 4.69) is 6.92 Å². The highest BCUT2D eigenvalue weighted by Gasteiger charge is 2.14. The summed E-state index contributed by atoms with van der Waals surface area (Å²) in [6, 6.07) is 9.09. The Morgan fingerprint density at radius 2 is 1.94 bits per heavy atom. The Balaban J connectivity index is 2.31. The van der Waals surface area contributed by atoms with Gasteiger partial charge in [-0.25, -0.2) is 0 Å². The minimum absolute atomic E-state index is 0.110. The van der Waals surface area contributed by atoms with Crippen molar-refractivity contribution in [1.29, 1.82) is 0 Å². The zero-order valence-corrected chi connectivity index (χ0v) is 9.62. The largest absolute Gasteiger partial charge is 0.452 e. The van der Waals surface area contributed by atoms with Crippen LogP contribution in [0.25, 0.3) is 0 Å². The van der Waals surface area contributed by atoms with Gasteiger partial charge in [-0.3, -0.25) is 4.79 Å². The molecule has 0 saturated carbocycles. The molecule has 0 amide bonds. The lowest BCUT2D eigenvalue weighted by Gasteiger charge is -2.00. The number of hydrogen-bond acceptors (Lipinski definition) is 2. The molecular formula is C13H11ClO2. The van der Waals surface area contributed by atoms with Crippen LogP contribution in [0.5, 0.6) is 0 Å². The number of hydrogen-bond donors (Lipinski definition) is 0. The van der Waals surface area contributed by atoms with Crippen LogP contribution >= 0.6 is 11.6 Å². The molecule has 3 heteroatoms. The number of halogens is 1. The molecule has 1 aromatic heterocycles. The van der Waals surface area contributed by atoms with Crippen LogP contribution in [0.4, 0.5) is 0 Å². The first-order valence-corrected chi connectivity index (χ1v) is 5.46. The average Bonchev–Trinajstić information content (AvgIpc) is 2.75. The second kappa shape index (κ2) is 4.54. The molecular weight excluding hydrogens is 224 g/mol. The van der Waals surface area contributed by atoms with E-state index in [9.17, 15) is 4.79 Å². The van der Waals surface area contributed by atoms with E-state index in [-0.39, 0.29) is 11.0 Å². The van der Waals surface area contributed by atoms with Crippen LogP contribution in [0.3, 0.4) is 0 Å². The molecule has 0 N–H and O–H groups in total. The van der Waals surface area contributed by atoms with E-state index >= 15 is 0 Å². The van der Waals surface area contributed by atoms with Crippen LogP contribution in [-0.4, -0.2) is 5.78 Å². The van der Waals surface area contributed by atoms with E-state index in [1.54, 1.807) is 6.07 Å². The number of carbonyl (C=O) groups excluding carboxylic acids is 1. The molecule has 0 unspecified atom stereocenters. The van der Waals surface area contributed by atoms with Gasteiger partial charge in [-0.1, -0.05) is 31.2 Å². The van der Waals surface area contributed by atoms with Gasteiger partial charge in [-0.05, 0) is 29.7 Å². The van der Waals surface area contributed by atoms with Crippen LogP contribution in [0, 0.1) is 0 Å². The first kappa shape index (κ1) is 11.0. The lowest BCUT2D eigenvalue weighted by atomic mass is 10.0. The Kier molecular flexibility index (Phi) is 3.11. The van der Waals surface area contributed by atoms with Crippen molar-refractivity contribution in [1.82, 2.24) is 0 Å². The summed E-state index contributed by atoms with van der Waals surface area (Å²) in [6.45, 7) is 2.07. The van der Waals surface area contributed by atoms with Gasteiger partial charge in [0.15, 0.2) is 5.78 Å². The van der Waals surface area contributed by atoms with Crippen molar-refractivity contribution in [3.8, 4) is 0 Å². The Morgan fingerprint density at radius 1 is 1.25 bits per heavy atom. The highest BCUT2D eigenvalue weighted by atomic mass is 35.5. The summed E-state index contributed by atoms with van der Waals surface area (Å²) in [7, 11) is 0. The van der Waals surface area contributed by atoms with Gasteiger partial charge < -0.3 is 4.42 Å². The summed E-state index contributed by atoms with van der Waals surface area (Å²) in [5.74, 6) is -0.110. The predicted octanol–water partition coefficient (Wildman–Crippen LogP) is 3.73. The van der Waals surface area contributed by atoms with Crippen LogP contribution < -0.4 is 0 Å². The predicted molar refractivity (Wildman–Crippen MR) is 63.0 cm³/mol. The third-order valence-corrected chi connectivity index (χ3v) is 2.78. The molecule has 0 aliphatic heterocycles. The standard InChI is InChI=1S/C13H11ClO2/c1-2-9-3-5-10(6-4-9)12(15)11-7-8-16-13(11)14/h3-8H,2H2,1H3. The van der Waals surface area contributed by atoms with E-state index in [0.29, 0.717) is 11.1 Å². The van der Waals surface area contributed by atoms with Crippen LogP contribution in [0.15, 0.2) is 41.0 Å². The SMILES string of the molecule is CCc1ccc(C(=O)c2ccoc2Cl)cc1. The summed E-state index contributed by atoms with van der Waals surface area (Å²) >= 11 is 5.76. The Hall–Kier alpha value is -1.54. The maximum absolute atomic E-state index is 12.0. The fraction of sp³-hybridized carbons (Fsp3) is 0.154. The molecule has 1 heterocycles. The van der Waals surface area contributed by atoms with Crippen LogP contribution in [0.2, 0.25) is 5.22 Å². The van der Waals surface area contributed by atoms with Crippen LogP contribution in [-0.2, 0) is 6.42 Å². The molecule has 0 bridgehead atoms. The van der Waals surface area contributed by atoms with Gasteiger partial charge >= 0.3 is 0 Å². The molecule has 2 rings (SSSR count). The van der Waals surface area contributed by atoms with Gasteiger partial charge in [0, 0.05) is 5.56 Å². The zero-order valence-electron chi connectivity index (χ0n) is 8.87. The fourth-order valence-electron chi connectivity index (χ4n) is 1.50. The van der Waals surface area contributed by atoms with Gasteiger partial charge in [-0.2, -0.15) is 0 Å². The Morgan fingerprint density at radius 3 is 2.44 bits per heavy atom. The van der Waals surface area contributed by atoms with E-state index in [0.717, 1.165) is 6.42 Å². The lowest BCUT2D eigenvalue weighted by molar-refractivity contribution is 0.103. The molecule has 2 aromatic rings. The molecule has 0 saturated heterocycles. The maximum atomic E-state index is 12.0. The molecule has 0 aliphatic rings. The average molecular weight is 235 g/mol. The topological polar surface area (TPSA) is 30.2 Å². The van der Waals surface area contributed by atoms with Crippen molar-refractivity contribution >= 4 is 17.4 Å². The minimum atomic E-state index is -0.110. The molecule has 0 aliphatic carbocycles. The summed E-state index contributed by atoms with van der Waals surface area (Å²) in [5, 5.41) is 0.143. The van der Waals surface area contributed by atoms with Crippen molar-refractivity contribution < 1.29 is 9.21 Å². The molecule has 82 valence electrons. The number of benzene rings is 1. The molecule has 0 radical (unpaired) electrons. The molecule has 0 atom stereocenters. The number of carbonyl (C=O) groups is 1.